The molecule has 0 spiro atoms. The summed E-state index contributed by atoms with van der Waals surface area (Å²) in [5, 5.41) is 11.0. The molecule has 1 aliphatic heterocycles. The number of piperidine rings is 1. The van der Waals surface area contributed by atoms with Crippen molar-refractivity contribution in [3.63, 3.8) is 0 Å². The Hall–Kier alpha value is -1.14. The van der Waals surface area contributed by atoms with E-state index in [1.165, 1.54) is 4.57 Å². The van der Waals surface area contributed by atoms with E-state index in [0.717, 1.165) is 36.3 Å². The second-order valence-corrected chi connectivity index (χ2v) is 5.47. The summed E-state index contributed by atoms with van der Waals surface area (Å²) in [6, 6.07) is -0.0825. The molecule has 1 atom stereocenters. The van der Waals surface area contributed by atoms with Gasteiger partial charge < -0.3 is 10.0 Å². The highest BCUT2D eigenvalue weighted by atomic mass is 32.1. The van der Waals surface area contributed by atoms with E-state index in [2.05, 4.69) is 0 Å². The van der Waals surface area contributed by atoms with Crippen molar-refractivity contribution in [2.45, 2.75) is 38.8 Å². The number of likely N-dealkylation sites (tertiary alicyclic amines) is 1. The van der Waals surface area contributed by atoms with Gasteiger partial charge in [0.25, 0.3) is 0 Å². The van der Waals surface area contributed by atoms with Gasteiger partial charge in [0, 0.05) is 17.6 Å². The van der Waals surface area contributed by atoms with E-state index >= 15 is 0 Å². The van der Waals surface area contributed by atoms with Crippen molar-refractivity contribution in [2.24, 2.45) is 0 Å². The van der Waals surface area contributed by atoms with E-state index in [1.54, 1.807) is 10.3 Å². The average Bonchev–Trinajstić information content (AvgIpc) is 2.70. The first kappa shape index (κ1) is 13.3. The molecule has 1 aromatic rings. The molecule has 1 aliphatic rings. The van der Waals surface area contributed by atoms with Gasteiger partial charge >= 0.3 is 4.87 Å². The maximum atomic E-state index is 12.2. The number of carbonyl (C=O) groups excluding carboxylic acids is 1. The predicted octanol–water partition coefficient (Wildman–Crippen LogP) is 0.592. The van der Waals surface area contributed by atoms with Crippen LogP contribution in [0.3, 0.4) is 0 Å². The Balaban J connectivity index is 2.09. The normalized spacial score (nSPS) is 20.1. The molecule has 2 heterocycles. The van der Waals surface area contributed by atoms with Gasteiger partial charge in [0.1, 0.15) is 6.54 Å². The minimum atomic E-state index is -0.0987. The number of amides is 1. The molecule has 1 unspecified atom stereocenters. The predicted molar refractivity (Wildman–Crippen MR) is 69.8 cm³/mol. The summed E-state index contributed by atoms with van der Waals surface area (Å²) in [4.78, 5) is 25.4. The molecule has 1 N–H and O–H groups in total. The molecule has 0 bridgehead atoms. The second-order valence-electron chi connectivity index (χ2n) is 4.65. The van der Waals surface area contributed by atoms with Gasteiger partial charge in [0.2, 0.25) is 5.91 Å². The average molecular weight is 270 g/mol. The Kier molecular flexibility index (Phi) is 4.19. The zero-order valence-electron chi connectivity index (χ0n) is 10.5. The van der Waals surface area contributed by atoms with E-state index in [9.17, 15) is 14.7 Å². The minimum Gasteiger partial charge on any atom is -0.394 e. The van der Waals surface area contributed by atoms with E-state index in [1.807, 2.05) is 6.92 Å². The van der Waals surface area contributed by atoms with Gasteiger partial charge in [-0.2, -0.15) is 0 Å². The molecule has 1 amide bonds. The molecule has 1 saturated heterocycles. The third kappa shape index (κ3) is 2.64. The molecule has 0 radical (unpaired) electrons. The standard InChI is InChI=1S/C12H18N2O3S/c1-9-8-18-12(17)14(9)6-11(16)13-5-3-2-4-10(13)7-15/h8,10,15H,2-7H2,1H3. The van der Waals surface area contributed by atoms with Crippen LogP contribution in [-0.2, 0) is 11.3 Å². The molecule has 0 aromatic carbocycles. The number of aromatic nitrogens is 1. The Labute approximate surface area is 110 Å². The maximum absolute atomic E-state index is 12.2. The lowest BCUT2D eigenvalue weighted by Crippen LogP contribution is -2.47. The van der Waals surface area contributed by atoms with Gasteiger partial charge in [-0.05, 0) is 26.2 Å². The van der Waals surface area contributed by atoms with E-state index in [4.69, 9.17) is 0 Å². The number of nitrogens with zero attached hydrogens (tertiary/aromatic N) is 2. The summed E-state index contributed by atoms with van der Waals surface area (Å²) in [5.74, 6) is -0.0719. The number of hydrogen-bond acceptors (Lipinski definition) is 4. The first-order valence-corrected chi connectivity index (χ1v) is 7.06. The van der Waals surface area contributed by atoms with Gasteiger partial charge in [0.05, 0.1) is 12.6 Å². The number of aliphatic hydroxyl groups excluding tert-OH is 1. The fourth-order valence-electron chi connectivity index (χ4n) is 2.34. The summed E-state index contributed by atoms with van der Waals surface area (Å²) >= 11 is 1.11. The van der Waals surface area contributed by atoms with Gasteiger partial charge in [0.15, 0.2) is 0 Å². The van der Waals surface area contributed by atoms with Crippen LogP contribution >= 0.6 is 11.3 Å². The lowest BCUT2D eigenvalue weighted by molar-refractivity contribution is -0.136. The molecule has 100 valence electrons. The van der Waals surface area contributed by atoms with Crippen LogP contribution in [0.1, 0.15) is 25.0 Å². The van der Waals surface area contributed by atoms with Gasteiger partial charge in [-0.15, -0.1) is 0 Å². The summed E-state index contributed by atoms with van der Waals surface area (Å²) < 4.78 is 1.50. The zero-order chi connectivity index (χ0) is 13.1. The summed E-state index contributed by atoms with van der Waals surface area (Å²) in [5.41, 5.74) is 0.816. The monoisotopic (exact) mass is 270 g/mol. The van der Waals surface area contributed by atoms with Crippen LogP contribution in [-0.4, -0.2) is 39.7 Å². The fourth-order valence-corrected chi connectivity index (χ4v) is 3.08. The maximum Gasteiger partial charge on any atom is 0.307 e. The highest BCUT2D eigenvalue weighted by Crippen LogP contribution is 2.17. The molecule has 18 heavy (non-hydrogen) atoms. The van der Waals surface area contributed by atoms with Crippen molar-refractivity contribution in [2.75, 3.05) is 13.2 Å². The highest BCUT2D eigenvalue weighted by molar-refractivity contribution is 7.07. The van der Waals surface area contributed by atoms with Gasteiger partial charge in [-0.3, -0.25) is 14.2 Å². The molecule has 6 heteroatoms. The van der Waals surface area contributed by atoms with Crippen molar-refractivity contribution < 1.29 is 9.90 Å². The van der Waals surface area contributed by atoms with Crippen LogP contribution in [0.25, 0.3) is 0 Å². The van der Waals surface area contributed by atoms with Crippen molar-refractivity contribution in [1.82, 2.24) is 9.47 Å². The summed E-state index contributed by atoms with van der Waals surface area (Å²) in [6.45, 7) is 2.60. The largest absolute Gasteiger partial charge is 0.394 e. The topological polar surface area (TPSA) is 62.5 Å². The number of rotatable bonds is 3. The van der Waals surface area contributed by atoms with Crippen molar-refractivity contribution >= 4 is 17.2 Å². The van der Waals surface area contributed by atoms with Crippen molar-refractivity contribution in [1.29, 1.82) is 0 Å². The van der Waals surface area contributed by atoms with Crippen LogP contribution in [0.5, 0.6) is 0 Å². The molecule has 1 fully saturated rings. The molecule has 5 nitrogen and oxygen atoms in total. The molecular formula is C12H18N2O3S. The Morgan fingerprint density at radius 2 is 2.33 bits per heavy atom. The van der Waals surface area contributed by atoms with Crippen LogP contribution in [0.15, 0.2) is 10.2 Å². The third-order valence-corrected chi connectivity index (χ3v) is 4.31. The first-order chi connectivity index (χ1) is 8.63. The molecule has 2 rings (SSSR count). The quantitative estimate of drug-likeness (QED) is 0.874. The third-order valence-electron chi connectivity index (χ3n) is 3.43. The summed E-state index contributed by atoms with van der Waals surface area (Å²) in [6.07, 6.45) is 2.87. The second kappa shape index (κ2) is 5.67. The Bertz CT molecular complexity index is 480. The van der Waals surface area contributed by atoms with Crippen LogP contribution in [0.4, 0.5) is 0 Å². The lowest BCUT2D eigenvalue weighted by Gasteiger charge is -2.34. The number of carbonyl (C=O) groups is 1. The fraction of sp³-hybridized carbons (Fsp3) is 0.667. The molecule has 1 aromatic heterocycles. The first-order valence-electron chi connectivity index (χ1n) is 6.18. The number of thiazole rings is 1. The summed E-state index contributed by atoms with van der Waals surface area (Å²) in [7, 11) is 0. The van der Waals surface area contributed by atoms with E-state index < -0.39 is 0 Å². The number of aliphatic hydroxyl groups is 1. The number of hydrogen-bond donors (Lipinski definition) is 1. The van der Waals surface area contributed by atoms with Crippen molar-refractivity contribution in [3.05, 3.63) is 20.7 Å². The van der Waals surface area contributed by atoms with Gasteiger partial charge in [-0.25, -0.2) is 0 Å². The smallest absolute Gasteiger partial charge is 0.307 e. The Morgan fingerprint density at radius 1 is 1.56 bits per heavy atom. The lowest BCUT2D eigenvalue weighted by atomic mass is 10.0. The minimum absolute atomic E-state index is 0.00323. The SMILES string of the molecule is Cc1csc(=O)n1CC(=O)N1CCCCC1CO. The van der Waals surface area contributed by atoms with Gasteiger partial charge in [-0.1, -0.05) is 11.3 Å². The molecule has 0 aliphatic carbocycles. The molecule has 0 saturated carbocycles. The van der Waals surface area contributed by atoms with Crippen molar-refractivity contribution in [3.8, 4) is 0 Å². The van der Waals surface area contributed by atoms with E-state index in [0.29, 0.717) is 6.54 Å². The van der Waals surface area contributed by atoms with Crippen LogP contribution in [0.2, 0.25) is 0 Å². The van der Waals surface area contributed by atoms with Crippen LogP contribution < -0.4 is 4.87 Å². The van der Waals surface area contributed by atoms with Crippen LogP contribution in [0, 0.1) is 6.92 Å². The Morgan fingerprint density at radius 3 is 2.94 bits per heavy atom. The number of aryl methyl sites for hydroxylation is 1. The highest BCUT2D eigenvalue weighted by Gasteiger charge is 2.26. The van der Waals surface area contributed by atoms with E-state index in [-0.39, 0.29) is 30.0 Å². The molecular weight excluding hydrogens is 252 g/mol. The zero-order valence-corrected chi connectivity index (χ0v) is 11.3.